The van der Waals surface area contributed by atoms with Crippen molar-refractivity contribution in [3.05, 3.63) is 36.0 Å². The number of aromatic nitrogens is 1. The summed E-state index contributed by atoms with van der Waals surface area (Å²) in [7, 11) is 0.321. The van der Waals surface area contributed by atoms with Crippen LogP contribution in [-0.2, 0) is 14.4 Å². The third-order valence-corrected chi connectivity index (χ3v) is 5.38. The average Bonchev–Trinajstić information content (AvgIpc) is 2.66. The number of methoxy groups -OCH3 is 1. The number of carbonyl (C=O) groups excluding carboxylic acids is 1. The number of carbonyl (C=O) groups is 1. The molecule has 0 saturated heterocycles. The van der Waals surface area contributed by atoms with Gasteiger partial charge in [0.05, 0.1) is 37.7 Å². The first-order valence-electron chi connectivity index (χ1n) is 8.77. The van der Waals surface area contributed by atoms with Crippen molar-refractivity contribution in [2.45, 2.75) is 0 Å². The van der Waals surface area contributed by atoms with Gasteiger partial charge in [0.1, 0.15) is 12.4 Å². The molecule has 1 unspecified atom stereocenters. The average molecular weight is 405 g/mol. The van der Waals surface area contributed by atoms with E-state index in [-0.39, 0.29) is 18.2 Å². The highest BCUT2D eigenvalue weighted by Gasteiger charge is 2.24. The Morgan fingerprint density at radius 3 is 2.82 bits per heavy atom. The summed E-state index contributed by atoms with van der Waals surface area (Å²) in [4.78, 5) is 19.0. The Morgan fingerprint density at radius 2 is 2.18 bits per heavy atom. The van der Waals surface area contributed by atoms with Crippen LogP contribution in [0.2, 0.25) is 0 Å². The summed E-state index contributed by atoms with van der Waals surface area (Å²) in [6.07, 6.45) is 2.81. The number of pyridine rings is 1. The lowest BCUT2D eigenvalue weighted by atomic mass is 10.0. The van der Waals surface area contributed by atoms with Crippen molar-refractivity contribution in [2.24, 2.45) is 0 Å². The number of benzene rings is 1. The number of anilines is 1. The number of likely N-dealkylation sites (N-methyl/N-ethyl adjacent to an activating group) is 1. The van der Waals surface area contributed by atoms with E-state index in [9.17, 15) is 13.6 Å². The van der Waals surface area contributed by atoms with Crippen molar-refractivity contribution in [3.8, 4) is 22.8 Å². The summed E-state index contributed by atoms with van der Waals surface area (Å²) in [5, 5.41) is 2.67. The Bertz CT molecular complexity index is 911. The van der Waals surface area contributed by atoms with E-state index in [1.807, 2.05) is 24.1 Å². The lowest BCUT2D eigenvalue weighted by molar-refractivity contribution is 0.0952. The lowest BCUT2D eigenvalue weighted by Gasteiger charge is -2.29. The maximum Gasteiger partial charge on any atom is 0.255 e. The Balaban J connectivity index is 1.96. The minimum absolute atomic E-state index is 0.0383. The van der Waals surface area contributed by atoms with Gasteiger partial charge in [0.2, 0.25) is 5.88 Å². The molecule has 1 aliphatic heterocycles. The van der Waals surface area contributed by atoms with Gasteiger partial charge in [0.15, 0.2) is 5.75 Å². The number of amides is 1. The van der Waals surface area contributed by atoms with Gasteiger partial charge in [-0.05, 0) is 23.8 Å². The molecule has 150 valence electrons. The second-order valence-electron chi connectivity index (χ2n) is 6.62. The number of hydrogen-bond acceptors (Lipinski definition) is 7. The molecule has 0 radical (unpaired) electrons. The smallest absolute Gasteiger partial charge is 0.255 e. The molecule has 0 aliphatic carbocycles. The van der Waals surface area contributed by atoms with Crippen LogP contribution in [0.25, 0.3) is 11.1 Å². The summed E-state index contributed by atoms with van der Waals surface area (Å²) in [5.74, 6) is 0.499. The Kier molecular flexibility index (Phi) is 5.85. The molecule has 1 atom stereocenters. The van der Waals surface area contributed by atoms with Gasteiger partial charge in [-0.15, -0.1) is 4.21 Å². The zero-order valence-electron chi connectivity index (χ0n) is 16.1. The SMILES string of the molecule is COc1ccc(-c2cc(C(=O)NCC[S+](C)(=O)[O-])c3c(c2)N(C)CCO3)cn1. The third kappa shape index (κ3) is 4.60. The van der Waals surface area contributed by atoms with Crippen LogP contribution >= 0.6 is 0 Å². The van der Waals surface area contributed by atoms with Gasteiger partial charge >= 0.3 is 0 Å². The van der Waals surface area contributed by atoms with E-state index < -0.39 is 10.2 Å². The highest BCUT2D eigenvalue weighted by atomic mass is 32.3. The molecule has 0 saturated carbocycles. The number of nitrogens with zero attached hydrogens (tertiary/aromatic N) is 2. The molecule has 28 heavy (non-hydrogen) atoms. The lowest BCUT2D eigenvalue weighted by Crippen LogP contribution is -2.33. The quantitative estimate of drug-likeness (QED) is 0.728. The molecule has 2 heterocycles. The fourth-order valence-electron chi connectivity index (χ4n) is 2.91. The summed E-state index contributed by atoms with van der Waals surface area (Å²) in [6, 6.07) is 7.30. The van der Waals surface area contributed by atoms with Crippen molar-refractivity contribution in [1.29, 1.82) is 0 Å². The monoisotopic (exact) mass is 405 g/mol. The molecule has 0 spiro atoms. The number of sulfone groups is 1. The second-order valence-corrected chi connectivity index (χ2v) is 8.88. The number of nitrogens with one attached hydrogen (secondary N) is 1. The highest BCUT2D eigenvalue weighted by Crippen LogP contribution is 2.38. The van der Waals surface area contributed by atoms with E-state index >= 15 is 0 Å². The molecular weight excluding hydrogens is 382 g/mol. The van der Waals surface area contributed by atoms with Gasteiger partial charge in [0, 0.05) is 35.1 Å². The molecule has 8 nitrogen and oxygen atoms in total. The Labute approximate surface area is 165 Å². The van der Waals surface area contributed by atoms with Crippen LogP contribution in [0.15, 0.2) is 30.5 Å². The largest absolute Gasteiger partial charge is 0.615 e. The molecule has 1 N–H and O–H groups in total. The van der Waals surface area contributed by atoms with Crippen LogP contribution in [0.4, 0.5) is 5.69 Å². The van der Waals surface area contributed by atoms with E-state index in [2.05, 4.69) is 10.3 Å². The van der Waals surface area contributed by atoms with Crippen LogP contribution in [0.5, 0.6) is 11.6 Å². The van der Waals surface area contributed by atoms with Gasteiger partial charge in [0.25, 0.3) is 5.91 Å². The second kappa shape index (κ2) is 8.15. The number of rotatable bonds is 6. The van der Waals surface area contributed by atoms with Crippen LogP contribution in [0.3, 0.4) is 0 Å². The van der Waals surface area contributed by atoms with Crippen molar-refractivity contribution in [2.75, 3.05) is 50.8 Å². The predicted octanol–water partition coefficient (Wildman–Crippen LogP) is 1.58. The molecule has 1 amide bonds. The van der Waals surface area contributed by atoms with Crippen molar-refractivity contribution in [3.63, 3.8) is 0 Å². The fourth-order valence-corrected chi connectivity index (χ4v) is 3.38. The summed E-state index contributed by atoms with van der Waals surface area (Å²) >= 11 is 0. The first-order valence-corrected chi connectivity index (χ1v) is 10.8. The van der Waals surface area contributed by atoms with Crippen LogP contribution in [0.1, 0.15) is 10.4 Å². The first kappa shape index (κ1) is 20.1. The molecule has 9 heteroatoms. The standard InChI is InChI=1S/C19H23N3O5S/c1-22-7-8-27-18-15(19(23)20-6-9-28(3,24)25)10-14(11-16(18)22)13-4-5-17(26-2)21-12-13/h4-5,10-12H,6-9H2,1-3H3,(H-,20,23,24,25). The van der Waals surface area contributed by atoms with E-state index in [0.717, 1.165) is 23.1 Å². The summed E-state index contributed by atoms with van der Waals surface area (Å²) in [6.45, 7) is 1.21. The van der Waals surface area contributed by atoms with Crippen LogP contribution in [-0.4, -0.2) is 61.3 Å². The van der Waals surface area contributed by atoms with Gasteiger partial charge < -0.3 is 24.2 Å². The molecule has 3 rings (SSSR count). The predicted molar refractivity (Wildman–Crippen MR) is 107 cm³/mol. The van der Waals surface area contributed by atoms with Crippen molar-refractivity contribution >= 4 is 21.8 Å². The maximum atomic E-state index is 12.8. The van der Waals surface area contributed by atoms with E-state index in [1.165, 1.54) is 0 Å². The maximum absolute atomic E-state index is 12.8. The summed E-state index contributed by atoms with van der Waals surface area (Å²) in [5.41, 5.74) is 2.79. The van der Waals surface area contributed by atoms with E-state index in [1.54, 1.807) is 25.4 Å². The van der Waals surface area contributed by atoms with Gasteiger partial charge in [-0.2, -0.15) is 0 Å². The topological polar surface area (TPSA) is 104 Å². The Hall–Kier alpha value is -2.65. The molecule has 0 fully saturated rings. The molecular formula is C19H23N3O5S. The third-order valence-electron chi connectivity index (χ3n) is 4.44. The zero-order chi connectivity index (χ0) is 20.3. The minimum atomic E-state index is -3.16. The van der Waals surface area contributed by atoms with E-state index in [0.29, 0.717) is 30.3 Å². The fraction of sp³-hybridized carbons (Fsp3) is 0.368. The van der Waals surface area contributed by atoms with Crippen molar-refractivity contribution < 1.29 is 23.0 Å². The molecule has 1 aliphatic rings. The van der Waals surface area contributed by atoms with Gasteiger partial charge in [-0.3, -0.25) is 4.79 Å². The molecule has 0 bridgehead atoms. The molecule has 1 aromatic carbocycles. The molecule has 1 aromatic heterocycles. The normalized spacial score (nSPS) is 15.2. The zero-order valence-corrected chi connectivity index (χ0v) is 16.9. The highest BCUT2D eigenvalue weighted by molar-refractivity contribution is 7.96. The molecule has 2 aromatic rings. The Morgan fingerprint density at radius 1 is 1.39 bits per heavy atom. The minimum Gasteiger partial charge on any atom is -0.615 e. The van der Waals surface area contributed by atoms with E-state index in [4.69, 9.17) is 9.47 Å². The summed E-state index contributed by atoms with van der Waals surface area (Å²) < 4.78 is 33.5. The number of fused-ring (bicyclic) bond motifs is 1. The number of hydrogen-bond donors (Lipinski definition) is 1. The van der Waals surface area contributed by atoms with Crippen LogP contribution in [0, 0.1) is 0 Å². The van der Waals surface area contributed by atoms with Gasteiger partial charge in [-0.1, -0.05) is 0 Å². The van der Waals surface area contributed by atoms with Crippen LogP contribution < -0.4 is 19.7 Å². The first-order chi connectivity index (χ1) is 13.3. The number of ether oxygens (including phenoxy) is 2. The van der Waals surface area contributed by atoms with Gasteiger partial charge in [-0.25, -0.2) is 4.98 Å². The van der Waals surface area contributed by atoms with Crippen molar-refractivity contribution in [1.82, 2.24) is 10.3 Å².